The van der Waals surface area contributed by atoms with Gasteiger partial charge in [-0.1, -0.05) is 15.9 Å². The molecule has 25 heavy (non-hydrogen) atoms. The summed E-state index contributed by atoms with van der Waals surface area (Å²) in [4.78, 5) is 15.7. The third-order valence-electron chi connectivity index (χ3n) is 4.53. The number of piperazine rings is 1. The zero-order chi connectivity index (χ0) is 17.8. The summed E-state index contributed by atoms with van der Waals surface area (Å²) in [5.74, 6) is 0.147. The Morgan fingerprint density at radius 2 is 1.88 bits per heavy atom. The van der Waals surface area contributed by atoms with E-state index in [-0.39, 0.29) is 11.5 Å². The Bertz CT molecular complexity index is 744. The van der Waals surface area contributed by atoms with Crippen molar-refractivity contribution in [3.8, 4) is 5.75 Å². The van der Waals surface area contributed by atoms with E-state index < -0.39 is 5.82 Å². The maximum absolute atomic E-state index is 13.9. The fourth-order valence-corrected chi connectivity index (χ4v) is 3.43. The van der Waals surface area contributed by atoms with Crippen molar-refractivity contribution in [2.24, 2.45) is 0 Å². The SMILES string of the molecule is COc1ccc(C[NH+]2CCN(C(=O)c3cc(Br)ccc3F)CC2)cc1. The molecule has 0 aromatic heterocycles. The number of hydrogen-bond acceptors (Lipinski definition) is 2. The predicted molar refractivity (Wildman–Crippen MR) is 97.4 cm³/mol. The van der Waals surface area contributed by atoms with Gasteiger partial charge in [0.2, 0.25) is 0 Å². The van der Waals surface area contributed by atoms with Crippen LogP contribution in [0.15, 0.2) is 46.9 Å². The molecular formula is C19H21BrFN2O2+. The molecular weight excluding hydrogens is 387 g/mol. The standard InChI is InChI=1S/C19H20BrFN2O2/c1-25-16-5-2-14(3-6-16)13-22-8-10-23(11-9-22)19(24)17-12-15(20)4-7-18(17)21/h2-7,12H,8-11,13H2,1H3/p+1. The molecule has 0 aliphatic carbocycles. The molecule has 0 atom stereocenters. The summed E-state index contributed by atoms with van der Waals surface area (Å²) in [6, 6.07) is 12.5. The monoisotopic (exact) mass is 407 g/mol. The normalized spacial score (nSPS) is 15.2. The lowest BCUT2D eigenvalue weighted by Gasteiger charge is -2.32. The van der Waals surface area contributed by atoms with Crippen LogP contribution in [-0.4, -0.2) is 44.1 Å². The number of ether oxygens (including phenoxy) is 1. The van der Waals surface area contributed by atoms with Gasteiger partial charge in [0, 0.05) is 10.0 Å². The number of halogens is 2. The van der Waals surface area contributed by atoms with E-state index >= 15 is 0 Å². The van der Waals surface area contributed by atoms with Gasteiger partial charge in [0.15, 0.2) is 0 Å². The number of benzene rings is 2. The Morgan fingerprint density at radius 1 is 1.20 bits per heavy atom. The smallest absolute Gasteiger partial charge is 0.257 e. The van der Waals surface area contributed by atoms with Gasteiger partial charge in [-0.2, -0.15) is 0 Å². The van der Waals surface area contributed by atoms with Crippen LogP contribution in [-0.2, 0) is 6.54 Å². The van der Waals surface area contributed by atoms with E-state index in [0.717, 1.165) is 25.4 Å². The minimum atomic E-state index is -0.471. The second-order valence-electron chi connectivity index (χ2n) is 6.19. The number of nitrogens with one attached hydrogen (secondary N) is 1. The van der Waals surface area contributed by atoms with E-state index in [1.165, 1.54) is 16.5 Å². The number of carbonyl (C=O) groups is 1. The zero-order valence-electron chi connectivity index (χ0n) is 14.1. The highest BCUT2D eigenvalue weighted by Gasteiger charge is 2.26. The molecule has 2 aromatic rings. The summed E-state index contributed by atoms with van der Waals surface area (Å²) < 4.78 is 19.8. The summed E-state index contributed by atoms with van der Waals surface area (Å²) in [7, 11) is 1.66. The van der Waals surface area contributed by atoms with Crippen LogP contribution < -0.4 is 9.64 Å². The van der Waals surface area contributed by atoms with Crippen LogP contribution >= 0.6 is 15.9 Å². The van der Waals surface area contributed by atoms with Crippen molar-refractivity contribution >= 4 is 21.8 Å². The number of quaternary nitrogens is 1. The molecule has 0 spiro atoms. The van der Waals surface area contributed by atoms with Gasteiger partial charge in [0.1, 0.15) is 18.1 Å². The van der Waals surface area contributed by atoms with Crippen LogP contribution in [0.1, 0.15) is 15.9 Å². The Kier molecular flexibility index (Phi) is 5.71. The average molecular weight is 408 g/mol. The molecule has 1 N–H and O–H groups in total. The molecule has 1 aliphatic heterocycles. The molecule has 0 bridgehead atoms. The van der Waals surface area contributed by atoms with E-state index in [0.29, 0.717) is 17.6 Å². The second kappa shape index (κ2) is 7.97. The van der Waals surface area contributed by atoms with Gasteiger partial charge >= 0.3 is 0 Å². The predicted octanol–water partition coefficient (Wildman–Crippen LogP) is 2.14. The van der Waals surface area contributed by atoms with Crippen molar-refractivity contribution in [1.29, 1.82) is 0 Å². The molecule has 4 nitrogen and oxygen atoms in total. The quantitative estimate of drug-likeness (QED) is 0.842. The Labute approximate surface area is 155 Å². The van der Waals surface area contributed by atoms with Crippen LogP contribution in [0.25, 0.3) is 0 Å². The number of methoxy groups -OCH3 is 1. The molecule has 1 aliphatic rings. The minimum absolute atomic E-state index is 0.132. The average Bonchev–Trinajstić information content (AvgIpc) is 2.64. The van der Waals surface area contributed by atoms with Crippen molar-refractivity contribution in [2.45, 2.75) is 6.54 Å². The maximum Gasteiger partial charge on any atom is 0.257 e. The summed E-state index contributed by atoms with van der Waals surface area (Å²) in [6.07, 6.45) is 0. The molecule has 1 amide bonds. The van der Waals surface area contributed by atoms with Crippen LogP contribution in [0.2, 0.25) is 0 Å². The van der Waals surface area contributed by atoms with Crippen LogP contribution in [0.5, 0.6) is 5.75 Å². The molecule has 1 fully saturated rings. The summed E-state index contributed by atoms with van der Waals surface area (Å²) in [6.45, 7) is 3.89. The summed E-state index contributed by atoms with van der Waals surface area (Å²) in [5.41, 5.74) is 1.38. The molecule has 0 radical (unpaired) electrons. The van der Waals surface area contributed by atoms with Gasteiger partial charge in [-0.05, 0) is 42.5 Å². The Balaban J connectivity index is 1.57. The number of hydrogen-bond donors (Lipinski definition) is 1. The topological polar surface area (TPSA) is 34.0 Å². The number of carbonyl (C=O) groups excluding carboxylic acids is 1. The largest absolute Gasteiger partial charge is 0.497 e. The second-order valence-corrected chi connectivity index (χ2v) is 7.11. The summed E-state index contributed by atoms with van der Waals surface area (Å²) in [5, 5.41) is 0. The first kappa shape index (κ1) is 17.9. The lowest BCUT2D eigenvalue weighted by atomic mass is 10.1. The number of nitrogens with zero attached hydrogens (tertiary/aromatic N) is 1. The van der Waals surface area contributed by atoms with E-state index in [1.54, 1.807) is 24.1 Å². The van der Waals surface area contributed by atoms with Gasteiger partial charge in [-0.25, -0.2) is 4.39 Å². The number of rotatable bonds is 4. The van der Waals surface area contributed by atoms with Crippen LogP contribution in [0.3, 0.4) is 0 Å². The molecule has 6 heteroatoms. The van der Waals surface area contributed by atoms with E-state index in [2.05, 4.69) is 28.1 Å². The van der Waals surface area contributed by atoms with E-state index in [9.17, 15) is 9.18 Å². The molecule has 1 saturated heterocycles. The first-order valence-corrected chi connectivity index (χ1v) is 9.07. The van der Waals surface area contributed by atoms with Gasteiger partial charge in [0.25, 0.3) is 5.91 Å². The summed E-state index contributed by atoms with van der Waals surface area (Å²) >= 11 is 3.30. The maximum atomic E-state index is 13.9. The van der Waals surface area contributed by atoms with Crippen molar-refractivity contribution in [3.05, 3.63) is 63.9 Å². The highest BCUT2D eigenvalue weighted by Crippen LogP contribution is 2.17. The highest BCUT2D eigenvalue weighted by atomic mass is 79.9. The van der Waals surface area contributed by atoms with Gasteiger partial charge in [-0.3, -0.25) is 4.79 Å². The van der Waals surface area contributed by atoms with E-state index in [4.69, 9.17) is 4.74 Å². The molecule has 3 rings (SSSR count). The zero-order valence-corrected chi connectivity index (χ0v) is 15.7. The third-order valence-corrected chi connectivity index (χ3v) is 5.02. The third kappa shape index (κ3) is 4.38. The minimum Gasteiger partial charge on any atom is -0.497 e. The number of amides is 1. The Hall–Kier alpha value is -1.92. The first-order valence-electron chi connectivity index (χ1n) is 8.27. The Morgan fingerprint density at radius 3 is 2.52 bits per heavy atom. The molecule has 0 unspecified atom stereocenters. The van der Waals surface area contributed by atoms with E-state index in [1.807, 2.05) is 12.1 Å². The van der Waals surface area contributed by atoms with Gasteiger partial charge in [0.05, 0.1) is 38.9 Å². The van der Waals surface area contributed by atoms with Crippen LogP contribution in [0, 0.1) is 5.82 Å². The first-order chi connectivity index (χ1) is 12.1. The van der Waals surface area contributed by atoms with Gasteiger partial charge in [-0.15, -0.1) is 0 Å². The van der Waals surface area contributed by atoms with Crippen molar-refractivity contribution in [2.75, 3.05) is 33.3 Å². The van der Waals surface area contributed by atoms with Crippen LogP contribution in [0.4, 0.5) is 4.39 Å². The van der Waals surface area contributed by atoms with Crippen molar-refractivity contribution in [3.63, 3.8) is 0 Å². The van der Waals surface area contributed by atoms with Crippen molar-refractivity contribution < 1.29 is 18.8 Å². The molecule has 132 valence electrons. The highest BCUT2D eigenvalue weighted by molar-refractivity contribution is 9.10. The van der Waals surface area contributed by atoms with Crippen molar-refractivity contribution in [1.82, 2.24) is 4.90 Å². The molecule has 2 aromatic carbocycles. The lowest BCUT2D eigenvalue weighted by molar-refractivity contribution is -0.917. The molecule has 1 heterocycles. The lowest BCUT2D eigenvalue weighted by Crippen LogP contribution is -3.13. The fourth-order valence-electron chi connectivity index (χ4n) is 3.07. The van der Waals surface area contributed by atoms with Gasteiger partial charge < -0.3 is 14.5 Å². The fraction of sp³-hybridized carbons (Fsp3) is 0.316. The molecule has 0 saturated carbocycles.